The average Bonchev–Trinajstić information content (AvgIpc) is 1.83. The quantitative estimate of drug-likeness (QED) is 0.0260. The summed E-state index contributed by atoms with van der Waals surface area (Å²) < 4.78 is 17.8. The lowest BCUT2D eigenvalue weighted by atomic mass is 9.83. The molecule has 2 fully saturated rings. The van der Waals surface area contributed by atoms with Gasteiger partial charge in [0, 0.05) is 114 Å². The van der Waals surface area contributed by atoms with Crippen molar-refractivity contribution in [2.75, 3.05) is 52.5 Å². The summed E-state index contributed by atoms with van der Waals surface area (Å²) in [5.41, 5.74) is 5.84. The Bertz CT molecular complexity index is 3100. The van der Waals surface area contributed by atoms with E-state index < -0.39 is 71.4 Å². The normalized spacial score (nSPS) is 17.7. The number of nitrogens with two attached hydrogens (primary N) is 1. The number of nitrogens with one attached hydrogen (secondary N) is 4. The molecule has 1 unspecified atom stereocenters. The first-order chi connectivity index (χ1) is 46.0. The van der Waals surface area contributed by atoms with Gasteiger partial charge in [0.15, 0.2) is 11.6 Å². The third-order valence-electron chi connectivity index (χ3n) is 19.1. The maximum absolute atomic E-state index is 14.8. The predicted molar refractivity (Wildman–Crippen MR) is 375 cm³/mol. The van der Waals surface area contributed by atoms with Crippen LogP contribution in [0, 0.1) is 35.5 Å². The highest BCUT2D eigenvalue weighted by atomic mass is 32.2. The van der Waals surface area contributed by atoms with Crippen LogP contribution in [0.25, 0.3) is 0 Å². The van der Waals surface area contributed by atoms with Gasteiger partial charge in [-0.2, -0.15) is 11.8 Å². The van der Waals surface area contributed by atoms with Crippen molar-refractivity contribution >= 4 is 93.7 Å². The second-order valence-electron chi connectivity index (χ2n) is 27.2. The molecule has 11 atom stereocenters. The van der Waals surface area contributed by atoms with Crippen LogP contribution in [0.3, 0.4) is 0 Å². The van der Waals surface area contributed by atoms with Crippen LogP contribution in [0.2, 0.25) is 0 Å². The van der Waals surface area contributed by atoms with E-state index in [1.165, 1.54) is 35.1 Å². The number of benzene rings is 2. The summed E-state index contributed by atoms with van der Waals surface area (Å²) >= 11 is 2.89. The zero-order valence-electron chi connectivity index (χ0n) is 59.2. The first-order valence-electron chi connectivity index (χ1n) is 34.2. The van der Waals surface area contributed by atoms with Crippen molar-refractivity contribution in [3.05, 3.63) is 82.3 Å². The van der Waals surface area contributed by atoms with Crippen molar-refractivity contribution in [2.45, 2.75) is 212 Å². The number of hydrogen-bond donors (Lipinski definition) is 5. The lowest BCUT2D eigenvalue weighted by Gasteiger charge is -2.41. The van der Waals surface area contributed by atoms with Crippen molar-refractivity contribution in [2.24, 2.45) is 41.2 Å². The van der Waals surface area contributed by atoms with Crippen molar-refractivity contribution in [3.8, 4) is 0 Å². The number of alkyl carbamates (subject to hydrolysis) is 1. The summed E-state index contributed by atoms with van der Waals surface area (Å²) in [4.78, 5) is 158. The van der Waals surface area contributed by atoms with Crippen LogP contribution in [0.5, 0.6) is 0 Å². The molecule has 6 N–H and O–H groups in total. The molecule has 0 spiro atoms. The third kappa shape index (κ3) is 24.1. The van der Waals surface area contributed by atoms with Crippen LogP contribution in [-0.2, 0) is 70.4 Å². The van der Waals surface area contributed by atoms with Gasteiger partial charge < -0.3 is 51.0 Å². The molecule has 25 heteroatoms. The summed E-state index contributed by atoms with van der Waals surface area (Å²) in [6.07, 6.45) is 6.37. The molecule has 536 valence electrons. The van der Waals surface area contributed by atoms with E-state index in [-0.39, 0.29) is 134 Å². The summed E-state index contributed by atoms with van der Waals surface area (Å²) in [5.74, 6) is -5.41. The molecule has 3 heterocycles. The van der Waals surface area contributed by atoms with Crippen molar-refractivity contribution in [1.29, 1.82) is 0 Å². The standard InChI is InChI=1S/C72H107N9O14S2/c1-14-46(6)64(57(93-11)41-61(86)80-35-22-26-54(80)65(94-12)47(7)55(82)39-51(67-74-33-36-97-67)37-48-23-17-15-18-24-48)79(10)68(89)53(44(2)3)40-59(84)72(8,9)78-71(92)95-43-49-28-30-52(31-29-49)76-66(88)50(25-21-32-75-70(73)91)38-56(83)63(45(4)5)77-60(85)27-19-16-20-34-81-62(87)42-58(96-13)69(81)90/h15,17-18,23-24,28-31,33,36,44-47,50-51,53-54,57-58,63-65H,14,16,19-22,25-27,32,34-35,37-43H2,1-13H3,(H,76,88)(H,77,85)(H,78,92)(H3,73,75,91)/t46-,47-,50+,51+,53-,54-,57+,58?,63-,64-,65+/m0/s1. The molecule has 0 saturated carbocycles. The van der Waals surface area contributed by atoms with E-state index in [0.717, 1.165) is 17.0 Å². The molecule has 0 radical (unpaired) electrons. The minimum absolute atomic E-state index is 0.0342. The first-order valence-corrected chi connectivity index (χ1v) is 36.4. The molecule has 2 aliphatic heterocycles. The SMILES string of the molecule is CC[C@H](C)[C@@H]([C@@H](CC(=O)N1CCC[C@H]1[C@H](OC)[C@@H](C)C(=O)C[C@@H](Cc1ccccc1)c1nccs1)OC)N(C)C(=O)[C@@H](CC(=O)C(C)(C)NC(=O)OCc1ccc(NC(=O)[C@H](CCCNC(N)=O)CC(=O)[C@@H](NC(=O)CCCCCN2C(=O)CC(SC)C2=O)C(C)C)cc1)C(C)C. The molecule has 9 amide bonds. The van der Waals surface area contributed by atoms with Crippen LogP contribution in [-0.4, -0.2) is 173 Å². The van der Waals surface area contributed by atoms with Crippen LogP contribution in [0.15, 0.2) is 66.2 Å². The predicted octanol–water partition coefficient (Wildman–Crippen LogP) is 9.44. The highest BCUT2D eigenvalue weighted by molar-refractivity contribution is 8.00. The Hall–Kier alpha value is -7.09. The molecular formula is C72H107N9O14S2. The highest BCUT2D eigenvalue weighted by Gasteiger charge is 2.45. The molecule has 1 aromatic heterocycles. The molecular weight excluding hydrogens is 1280 g/mol. The Kier molecular flexibility index (Phi) is 32.8. The van der Waals surface area contributed by atoms with Gasteiger partial charge in [-0.25, -0.2) is 14.6 Å². The number of Topliss-reactive ketones (excluding diaryl/α,β-unsaturated/α-hetero) is 3. The van der Waals surface area contributed by atoms with Gasteiger partial charge in [-0.15, -0.1) is 11.3 Å². The number of imide groups is 1. The fraction of sp³-hybridized carbons (Fsp3) is 0.639. The van der Waals surface area contributed by atoms with Crippen molar-refractivity contribution < 1.29 is 67.0 Å². The van der Waals surface area contributed by atoms with Gasteiger partial charge in [0.1, 0.15) is 12.4 Å². The van der Waals surface area contributed by atoms with E-state index >= 15 is 0 Å². The van der Waals surface area contributed by atoms with Gasteiger partial charge in [-0.05, 0) is 106 Å². The number of amides is 9. The number of carbonyl (C=O) groups excluding carboxylic acids is 11. The van der Waals surface area contributed by atoms with E-state index in [9.17, 15) is 52.7 Å². The zero-order valence-corrected chi connectivity index (χ0v) is 60.8. The molecule has 2 aliphatic rings. The van der Waals surface area contributed by atoms with Gasteiger partial charge in [0.25, 0.3) is 0 Å². The van der Waals surface area contributed by atoms with Crippen LogP contribution in [0.4, 0.5) is 15.3 Å². The van der Waals surface area contributed by atoms with Gasteiger partial charge >= 0.3 is 12.1 Å². The molecule has 97 heavy (non-hydrogen) atoms. The summed E-state index contributed by atoms with van der Waals surface area (Å²) in [6, 6.07) is 14.0. The Morgan fingerprint density at radius 3 is 2.14 bits per heavy atom. The second-order valence-corrected chi connectivity index (χ2v) is 29.2. The van der Waals surface area contributed by atoms with Crippen molar-refractivity contribution in [3.63, 3.8) is 0 Å². The molecule has 3 aromatic rings. The van der Waals surface area contributed by atoms with E-state index in [1.807, 2.05) is 63.1 Å². The summed E-state index contributed by atoms with van der Waals surface area (Å²) in [7, 11) is 4.80. The number of rotatable bonds is 42. The number of nitrogens with zero attached hydrogens (tertiary/aromatic N) is 4. The van der Waals surface area contributed by atoms with Crippen LogP contribution >= 0.6 is 23.1 Å². The molecule has 5 rings (SSSR count). The summed E-state index contributed by atoms with van der Waals surface area (Å²) in [5, 5.41) is 13.3. The molecule has 0 aliphatic carbocycles. The minimum Gasteiger partial charge on any atom is -0.445 e. The molecule has 23 nitrogen and oxygen atoms in total. The monoisotopic (exact) mass is 1390 g/mol. The number of likely N-dealkylation sites (tertiary alicyclic amines) is 2. The van der Waals surface area contributed by atoms with E-state index in [4.69, 9.17) is 19.9 Å². The number of thioether (sulfide) groups is 1. The first kappa shape index (κ1) is 80.6. The number of likely N-dealkylation sites (N-methyl/N-ethyl adjacent to an activating group) is 1. The minimum atomic E-state index is -1.47. The number of urea groups is 1. The van der Waals surface area contributed by atoms with Gasteiger partial charge in [0.05, 0.1) is 52.6 Å². The highest BCUT2D eigenvalue weighted by Crippen LogP contribution is 2.34. The number of primary amides is 1. The second kappa shape index (κ2) is 39.5. The van der Waals surface area contributed by atoms with Gasteiger partial charge in [-0.3, -0.25) is 48.1 Å². The third-order valence-corrected chi connectivity index (χ3v) is 21.0. The maximum Gasteiger partial charge on any atom is 0.408 e. The fourth-order valence-corrected chi connectivity index (χ4v) is 14.4. The van der Waals surface area contributed by atoms with Crippen LogP contribution < -0.4 is 27.0 Å². The smallest absolute Gasteiger partial charge is 0.408 e. The number of ether oxygens (including phenoxy) is 3. The maximum atomic E-state index is 14.8. The lowest BCUT2D eigenvalue weighted by Crippen LogP contribution is -2.55. The number of carbonyl (C=O) groups is 11. The van der Waals surface area contributed by atoms with Gasteiger partial charge in [0.2, 0.25) is 35.4 Å². The van der Waals surface area contributed by atoms with Crippen molar-refractivity contribution in [1.82, 2.24) is 35.6 Å². The number of anilines is 1. The largest absolute Gasteiger partial charge is 0.445 e. The summed E-state index contributed by atoms with van der Waals surface area (Å²) in [6.45, 7) is 17.0. The van der Waals surface area contributed by atoms with E-state index in [1.54, 1.807) is 83.5 Å². The zero-order chi connectivity index (χ0) is 71.7. The number of thiazole rings is 1. The average molecular weight is 1390 g/mol. The lowest BCUT2D eigenvalue weighted by molar-refractivity contribution is -0.149. The molecule has 2 saturated heterocycles. The number of ketones is 3. The number of unbranched alkanes of at least 4 members (excludes halogenated alkanes) is 2. The Labute approximate surface area is 581 Å². The molecule has 2 aromatic carbocycles. The Morgan fingerprint density at radius 2 is 1.55 bits per heavy atom. The van der Waals surface area contributed by atoms with E-state index in [2.05, 4.69) is 38.4 Å². The Balaban J connectivity index is 1.14. The van der Waals surface area contributed by atoms with Gasteiger partial charge in [-0.1, -0.05) is 104 Å². The number of aromatic nitrogens is 1. The Morgan fingerprint density at radius 1 is 0.845 bits per heavy atom. The fourth-order valence-electron chi connectivity index (χ4n) is 13.0. The van der Waals surface area contributed by atoms with E-state index in [0.29, 0.717) is 69.3 Å². The topological polar surface area (TPSA) is 312 Å². The number of methoxy groups -OCH3 is 2. The van der Waals surface area contributed by atoms with Crippen LogP contribution in [0.1, 0.15) is 174 Å². The number of hydrogen-bond acceptors (Lipinski definition) is 17. The molecule has 0 bridgehead atoms.